The van der Waals surface area contributed by atoms with Gasteiger partial charge in [-0.05, 0) is 65.3 Å². The van der Waals surface area contributed by atoms with E-state index in [2.05, 4.69) is 47.8 Å². The third-order valence-electron chi connectivity index (χ3n) is 4.92. The fraction of sp³-hybridized carbons (Fsp3) is 0.174. The predicted octanol–water partition coefficient (Wildman–Crippen LogP) is 5.61. The molecule has 1 heterocycles. The molecule has 5 heteroatoms. The van der Waals surface area contributed by atoms with E-state index in [0.29, 0.717) is 4.88 Å². The highest BCUT2D eigenvalue weighted by Gasteiger charge is 2.09. The zero-order chi connectivity index (χ0) is 19.3. The largest absolute Gasteiger partial charge is 0.385 e. The molecule has 142 valence electrons. The topological polar surface area (TPSA) is 61.4 Å². The Morgan fingerprint density at radius 2 is 1.79 bits per heavy atom. The van der Waals surface area contributed by atoms with E-state index in [4.69, 9.17) is 5.21 Å². The first-order valence-electron chi connectivity index (χ1n) is 9.43. The van der Waals surface area contributed by atoms with Gasteiger partial charge in [0.1, 0.15) is 0 Å². The maximum atomic E-state index is 11.5. The second-order valence-corrected chi connectivity index (χ2v) is 7.91. The second-order valence-electron chi connectivity index (χ2n) is 6.83. The zero-order valence-corrected chi connectivity index (χ0v) is 16.3. The Bertz CT molecular complexity index is 1110. The van der Waals surface area contributed by atoms with Gasteiger partial charge in [-0.25, -0.2) is 5.48 Å². The van der Waals surface area contributed by atoms with Gasteiger partial charge in [-0.2, -0.15) is 0 Å². The van der Waals surface area contributed by atoms with Crippen LogP contribution in [0.3, 0.4) is 0 Å². The first-order chi connectivity index (χ1) is 13.7. The molecule has 4 rings (SSSR count). The number of fused-ring (bicyclic) bond motifs is 2. The molecule has 4 aromatic rings. The van der Waals surface area contributed by atoms with Gasteiger partial charge in [0.05, 0.1) is 4.88 Å². The van der Waals surface area contributed by atoms with Crippen LogP contribution in [0.1, 0.15) is 28.1 Å². The Labute approximate surface area is 167 Å². The summed E-state index contributed by atoms with van der Waals surface area (Å²) in [5.74, 6) is -0.468. The summed E-state index contributed by atoms with van der Waals surface area (Å²) in [6.45, 7) is 0.907. The van der Waals surface area contributed by atoms with Crippen molar-refractivity contribution in [2.75, 3.05) is 11.9 Å². The standard InChI is InChI=1S/C23H22N2O2S/c26-23(25-27)22-15-18-14-19(11-12-21(18)28-22)24-13-4-3-7-17-9-5-8-16-6-1-2-10-20(16)17/h1-2,5-6,8-12,14-15,24,27H,3-4,7,13H2,(H,25,26). The SMILES string of the molecule is O=C(NO)c1cc2cc(NCCCCc3cccc4ccccc34)ccc2s1. The summed E-state index contributed by atoms with van der Waals surface area (Å²) in [4.78, 5) is 12.0. The van der Waals surface area contributed by atoms with Gasteiger partial charge in [-0.3, -0.25) is 10.0 Å². The van der Waals surface area contributed by atoms with Crippen LogP contribution in [0.15, 0.2) is 66.7 Å². The van der Waals surface area contributed by atoms with Crippen molar-refractivity contribution in [2.24, 2.45) is 0 Å². The highest BCUT2D eigenvalue weighted by atomic mass is 32.1. The molecule has 28 heavy (non-hydrogen) atoms. The zero-order valence-electron chi connectivity index (χ0n) is 15.4. The van der Waals surface area contributed by atoms with Crippen LogP contribution in [0.2, 0.25) is 0 Å². The molecule has 0 aliphatic carbocycles. The van der Waals surface area contributed by atoms with Gasteiger partial charge in [0.25, 0.3) is 5.91 Å². The lowest BCUT2D eigenvalue weighted by Gasteiger charge is -2.08. The van der Waals surface area contributed by atoms with Gasteiger partial charge in [-0.15, -0.1) is 11.3 Å². The molecule has 0 spiro atoms. The average Bonchev–Trinajstić information content (AvgIpc) is 3.16. The summed E-state index contributed by atoms with van der Waals surface area (Å²) >= 11 is 1.37. The fourth-order valence-electron chi connectivity index (χ4n) is 3.50. The van der Waals surface area contributed by atoms with E-state index >= 15 is 0 Å². The van der Waals surface area contributed by atoms with Gasteiger partial charge in [0.2, 0.25) is 0 Å². The Morgan fingerprint density at radius 3 is 2.68 bits per heavy atom. The van der Waals surface area contributed by atoms with Crippen LogP contribution in [0, 0.1) is 0 Å². The number of hydrogen-bond acceptors (Lipinski definition) is 4. The number of nitrogens with one attached hydrogen (secondary N) is 2. The number of benzene rings is 3. The van der Waals surface area contributed by atoms with Crippen molar-refractivity contribution >= 4 is 43.8 Å². The highest BCUT2D eigenvalue weighted by Crippen LogP contribution is 2.28. The maximum Gasteiger partial charge on any atom is 0.284 e. The van der Waals surface area contributed by atoms with Crippen molar-refractivity contribution in [2.45, 2.75) is 19.3 Å². The van der Waals surface area contributed by atoms with Crippen molar-refractivity contribution in [1.29, 1.82) is 0 Å². The molecule has 4 nitrogen and oxygen atoms in total. The second kappa shape index (κ2) is 8.42. The number of anilines is 1. The van der Waals surface area contributed by atoms with E-state index in [1.165, 1.54) is 27.7 Å². The third-order valence-corrected chi connectivity index (χ3v) is 6.04. The van der Waals surface area contributed by atoms with Gasteiger partial charge >= 0.3 is 0 Å². The van der Waals surface area contributed by atoms with Gasteiger partial charge in [0.15, 0.2) is 0 Å². The number of amides is 1. The number of hydrogen-bond donors (Lipinski definition) is 3. The van der Waals surface area contributed by atoms with E-state index in [9.17, 15) is 4.79 Å². The molecular formula is C23H22N2O2S. The molecule has 0 bridgehead atoms. The number of unbranched alkanes of at least 4 members (excludes halogenated alkanes) is 1. The highest BCUT2D eigenvalue weighted by molar-refractivity contribution is 7.20. The summed E-state index contributed by atoms with van der Waals surface area (Å²) in [5.41, 5.74) is 4.14. The minimum Gasteiger partial charge on any atom is -0.385 e. The van der Waals surface area contributed by atoms with Gasteiger partial charge in [0, 0.05) is 16.9 Å². The monoisotopic (exact) mass is 390 g/mol. The van der Waals surface area contributed by atoms with E-state index in [-0.39, 0.29) is 0 Å². The lowest BCUT2D eigenvalue weighted by Crippen LogP contribution is -2.16. The van der Waals surface area contributed by atoms with E-state index < -0.39 is 5.91 Å². The minimum absolute atomic E-state index is 0.468. The van der Waals surface area contributed by atoms with Crippen molar-refractivity contribution in [3.05, 3.63) is 77.2 Å². The molecule has 0 unspecified atom stereocenters. The fourth-order valence-corrected chi connectivity index (χ4v) is 4.44. The summed E-state index contributed by atoms with van der Waals surface area (Å²) < 4.78 is 1.03. The molecule has 0 fully saturated rings. The molecule has 0 saturated carbocycles. The summed E-state index contributed by atoms with van der Waals surface area (Å²) in [6, 6.07) is 23.0. The van der Waals surface area contributed by atoms with E-state index in [1.807, 2.05) is 18.2 Å². The van der Waals surface area contributed by atoms with Gasteiger partial charge < -0.3 is 5.32 Å². The molecule has 3 aromatic carbocycles. The molecule has 0 radical (unpaired) electrons. The number of aryl methyl sites for hydroxylation is 1. The van der Waals surface area contributed by atoms with Crippen molar-refractivity contribution in [3.63, 3.8) is 0 Å². The van der Waals surface area contributed by atoms with Crippen LogP contribution in [0.4, 0.5) is 5.69 Å². The first kappa shape index (κ1) is 18.5. The van der Waals surface area contributed by atoms with Crippen molar-refractivity contribution < 1.29 is 10.0 Å². The minimum atomic E-state index is -0.468. The molecule has 0 atom stereocenters. The Hall–Kier alpha value is -2.89. The predicted molar refractivity (Wildman–Crippen MR) is 116 cm³/mol. The number of hydroxylamine groups is 1. The van der Waals surface area contributed by atoms with Crippen molar-refractivity contribution in [1.82, 2.24) is 5.48 Å². The number of carbonyl (C=O) groups excluding carboxylic acids is 1. The summed E-state index contributed by atoms with van der Waals surface area (Å²) in [6.07, 6.45) is 3.29. The van der Waals surface area contributed by atoms with Crippen LogP contribution in [-0.4, -0.2) is 17.7 Å². The molecule has 3 N–H and O–H groups in total. The van der Waals surface area contributed by atoms with E-state index in [0.717, 1.165) is 41.6 Å². The van der Waals surface area contributed by atoms with Crippen LogP contribution < -0.4 is 10.8 Å². The smallest absolute Gasteiger partial charge is 0.284 e. The number of rotatable bonds is 7. The van der Waals surface area contributed by atoms with Crippen LogP contribution >= 0.6 is 11.3 Å². The lowest BCUT2D eigenvalue weighted by molar-refractivity contribution is 0.0711. The maximum absolute atomic E-state index is 11.5. The normalized spacial score (nSPS) is 11.0. The Morgan fingerprint density at radius 1 is 0.929 bits per heavy atom. The molecule has 1 aromatic heterocycles. The number of carbonyl (C=O) groups is 1. The molecule has 0 saturated heterocycles. The Kier molecular flexibility index (Phi) is 5.55. The average molecular weight is 391 g/mol. The third kappa shape index (κ3) is 4.01. The van der Waals surface area contributed by atoms with Crippen molar-refractivity contribution in [3.8, 4) is 0 Å². The number of thiophene rings is 1. The summed E-state index contributed by atoms with van der Waals surface area (Å²) in [7, 11) is 0. The quantitative estimate of drug-likeness (QED) is 0.218. The summed E-state index contributed by atoms with van der Waals surface area (Å²) in [5, 5.41) is 15.9. The van der Waals surface area contributed by atoms with Gasteiger partial charge in [-0.1, -0.05) is 42.5 Å². The molecule has 0 aliphatic heterocycles. The van der Waals surface area contributed by atoms with Crippen LogP contribution in [-0.2, 0) is 6.42 Å². The molecule has 0 aliphatic rings. The van der Waals surface area contributed by atoms with E-state index in [1.54, 1.807) is 11.5 Å². The van der Waals surface area contributed by atoms with Crippen LogP contribution in [0.5, 0.6) is 0 Å². The lowest BCUT2D eigenvalue weighted by atomic mass is 10.0. The molecule has 1 amide bonds. The first-order valence-corrected chi connectivity index (χ1v) is 10.2. The van der Waals surface area contributed by atoms with Crippen LogP contribution in [0.25, 0.3) is 20.9 Å². The Balaban J connectivity index is 1.32. The molecular weight excluding hydrogens is 368 g/mol.